The number of carbonyl (C=O) groups is 1. The van der Waals surface area contributed by atoms with E-state index in [-0.39, 0.29) is 11.7 Å². The Morgan fingerprint density at radius 1 is 1.44 bits per heavy atom. The number of nitrogens with zero attached hydrogens (tertiary/aromatic N) is 3. The number of nitrogens with one attached hydrogen (secondary N) is 1. The Labute approximate surface area is 168 Å². The number of aromatic nitrogens is 2. The van der Waals surface area contributed by atoms with Gasteiger partial charge in [0.2, 0.25) is 5.91 Å². The number of fused-ring (bicyclic) bond motifs is 1. The highest BCUT2D eigenvalue weighted by Crippen LogP contribution is 2.45. The highest BCUT2D eigenvalue weighted by atomic mass is 32.2. The molecule has 1 atom stereocenters. The molecule has 7 heteroatoms. The molecule has 1 N–H and O–H groups in total. The Morgan fingerprint density at radius 3 is 2.85 bits per heavy atom. The minimum Gasteiger partial charge on any atom is -0.316 e. The van der Waals surface area contributed by atoms with Crippen LogP contribution in [0.2, 0.25) is 0 Å². The standard InChI is InChI=1S/C20H24N4OS2/c1-4-20(2,3)13-6-7-14-15(11-21)18(27-16(14)10-13)24-17(25)12-26-19-22-8-5-9-23-19/h5,8-9,13H,4,6-7,10,12H2,1-3H3,(H,24,25). The molecule has 3 rings (SSSR count). The smallest absolute Gasteiger partial charge is 0.235 e. The lowest BCUT2D eigenvalue weighted by atomic mass is 9.69. The minimum absolute atomic E-state index is 0.131. The lowest BCUT2D eigenvalue weighted by Gasteiger charge is -2.36. The van der Waals surface area contributed by atoms with Gasteiger partial charge in [0.05, 0.1) is 11.3 Å². The van der Waals surface area contributed by atoms with Gasteiger partial charge in [-0.15, -0.1) is 11.3 Å². The van der Waals surface area contributed by atoms with Gasteiger partial charge >= 0.3 is 0 Å². The van der Waals surface area contributed by atoms with Crippen LogP contribution < -0.4 is 5.32 Å². The molecule has 1 aliphatic rings. The van der Waals surface area contributed by atoms with E-state index in [9.17, 15) is 10.1 Å². The largest absolute Gasteiger partial charge is 0.316 e. The van der Waals surface area contributed by atoms with Crippen LogP contribution in [0, 0.1) is 22.7 Å². The molecule has 1 unspecified atom stereocenters. The topological polar surface area (TPSA) is 78.7 Å². The quantitative estimate of drug-likeness (QED) is 0.562. The first-order valence-corrected chi connectivity index (χ1v) is 11.0. The van der Waals surface area contributed by atoms with Crippen molar-refractivity contribution in [1.82, 2.24) is 9.97 Å². The Balaban J connectivity index is 1.70. The molecule has 0 radical (unpaired) electrons. The number of amides is 1. The first-order chi connectivity index (χ1) is 12.9. The summed E-state index contributed by atoms with van der Waals surface area (Å²) in [7, 11) is 0. The molecule has 2 heterocycles. The summed E-state index contributed by atoms with van der Waals surface area (Å²) >= 11 is 2.86. The predicted octanol–water partition coefficient (Wildman–Crippen LogP) is 4.68. The van der Waals surface area contributed by atoms with Crippen LogP contribution in [-0.4, -0.2) is 21.6 Å². The summed E-state index contributed by atoms with van der Waals surface area (Å²) in [6.07, 6.45) is 7.48. The van der Waals surface area contributed by atoms with E-state index in [0.717, 1.165) is 31.2 Å². The van der Waals surface area contributed by atoms with Crippen molar-refractivity contribution in [2.24, 2.45) is 11.3 Å². The van der Waals surface area contributed by atoms with E-state index in [4.69, 9.17) is 0 Å². The van der Waals surface area contributed by atoms with Crippen LogP contribution in [-0.2, 0) is 17.6 Å². The van der Waals surface area contributed by atoms with Gasteiger partial charge in [-0.2, -0.15) is 5.26 Å². The van der Waals surface area contributed by atoms with Crippen LogP contribution in [0.4, 0.5) is 5.00 Å². The fourth-order valence-corrected chi connectivity index (χ4v) is 5.30. The Kier molecular flexibility index (Phi) is 6.18. The second-order valence-electron chi connectivity index (χ2n) is 7.47. The molecule has 0 aromatic carbocycles. The second-order valence-corrected chi connectivity index (χ2v) is 9.52. The number of anilines is 1. The van der Waals surface area contributed by atoms with Crippen LogP contribution in [0.5, 0.6) is 0 Å². The summed E-state index contributed by atoms with van der Waals surface area (Å²) in [5.74, 6) is 0.714. The molecule has 27 heavy (non-hydrogen) atoms. The monoisotopic (exact) mass is 400 g/mol. The number of hydrogen-bond donors (Lipinski definition) is 1. The molecular formula is C20H24N4OS2. The van der Waals surface area contributed by atoms with Gasteiger partial charge in [-0.1, -0.05) is 39.0 Å². The van der Waals surface area contributed by atoms with Crippen LogP contribution in [0.3, 0.4) is 0 Å². The molecule has 2 aromatic heterocycles. The second kappa shape index (κ2) is 8.41. The third-order valence-electron chi connectivity index (χ3n) is 5.52. The van der Waals surface area contributed by atoms with E-state index < -0.39 is 0 Å². The van der Waals surface area contributed by atoms with Crippen LogP contribution in [0.15, 0.2) is 23.6 Å². The van der Waals surface area contributed by atoms with Gasteiger partial charge in [-0.05, 0) is 42.2 Å². The van der Waals surface area contributed by atoms with Gasteiger partial charge in [0.1, 0.15) is 11.1 Å². The third-order valence-corrected chi connectivity index (χ3v) is 7.57. The van der Waals surface area contributed by atoms with Gasteiger partial charge in [-0.25, -0.2) is 9.97 Å². The Hall–Kier alpha value is -1.91. The van der Waals surface area contributed by atoms with Gasteiger partial charge in [0.15, 0.2) is 5.16 Å². The zero-order valence-electron chi connectivity index (χ0n) is 15.9. The van der Waals surface area contributed by atoms with E-state index in [2.05, 4.69) is 42.1 Å². The molecule has 1 amide bonds. The van der Waals surface area contributed by atoms with Crippen molar-refractivity contribution in [2.75, 3.05) is 11.1 Å². The van der Waals surface area contributed by atoms with Crippen molar-refractivity contribution in [1.29, 1.82) is 5.26 Å². The van der Waals surface area contributed by atoms with E-state index in [1.165, 1.54) is 16.6 Å². The van der Waals surface area contributed by atoms with E-state index >= 15 is 0 Å². The normalized spacial score (nSPS) is 16.4. The predicted molar refractivity (Wildman–Crippen MR) is 110 cm³/mol. The molecule has 5 nitrogen and oxygen atoms in total. The van der Waals surface area contributed by atoms with Gasteiger partial charge < -0.3 is 5.32 Å². The Bertz CT molecular complexity index is 855. The number of thiophene rings is 1. The van der Waals surface area contributed by atoms with Crippen molar-refractivity contribution in [3.8, 4) is 6.07 Å². The van der Waals surface area contributed by atoms with Crippen LogP contribution in [0.1, 0.15) is 49.6 Å². The molecule has 0 fully saturated rings. The minimum atomic E-state index is -0.131. The summed E-state index contributed by atoms with van der Waals surface area (Å²) < 4.78 is 0. The molecular weight excluding hydrogens is 376 g/mol. The van der Waals surface area contributed by atoms with E-state index in [1.54, 1.807) is 29.8 Å². The number of rotatable bonds is 6. The summed E-state index contributed by atoms with van der Waals surface area (Å²) in [5.41, 5.74) is 2.08. The summed E-state index contributed by atoms with van der Waals surface area (Å²) in [6.45, 7) is 6.89. The molecule has 1 aliphatic carbocycles. The van der Waals surface area contributed by atoms with Crippen molar-refractivity contribution >= 4 is 34.0 Å². The molecule has 0 saturated heterocycles. The zero-order chi connectivity index (χ0) is 19.4. The van der Waals surface area contributed by atoms with Crippen molar-refractivity contribution in [2.45, 2.75) is 51.6 Å². The highest BCUT2D eigenvalue weighted by Gasteiger charge is 2.34. The third kappa shape index (κ3) is 4.50. The van der Waals surface area contributed by atoms with Crippen LogP contribution >= 0.6 is 23.1 Å². The lowest BCUT2D eigenvalue weighted by Crippen LogP contribution is -2.28. The highest BCUT2D eigenvalue weighted by molar-refractivity contribution is 7.99. The number of hydrogen-bond acceptors (Lipinski definition) is 6. The SMILES string of the molecule is CCC(C)(C)C1CCc2c(sc(NC(=O)CSc3ncccn3)c2C#N)C1. The summed E-state index contributed by atoms with van der Waals surface area (Å²) in [4.78, 5) is 21.8. The maximum atomic E-state index is 12.3. The fourth-order valence-electron chi connectivity index (χ4n) is 3.40. The van der Waals surface area contributed by atoms with Crippen LogP contribution in [0.25, 0.3) is 0 Å². The maximum absolute atomic E-state index is 12.3. The number of carbonyl (C=O) groups excluding carboxylic acids is 1. The van der Waals surface area contributed by atoms with Gasteiger partial charge in [0, 0.05) is 17.3 Å². The van der Waals surface area contributed by atoms with E-state index in [0.29, 0.717) is 27.1 Å². The average molecular weight is 401 g/mol. The van der Waals surface area contributed by atoms with Crippen molar-refractivity contribution in [3.63, 3.8) is 0 Å². The maximum Gasteiger partial charge on any atom is 0.235 e. The first-order valence-electron chi connectivity index (χ1n) is 9.19. The molecule has 0 bridgehead atoms. The molecule has 0 spiro atoms. The molecule has 0 aliphatic heterocycles. The zero-order valence-corrected chi connectivity index (χ0v) is 17.5. The summed E-state index contributed by atoms with van der Waals surface area (Å²) in [5, 5.41) is 13.8. The van der Waals surface area contributed by atoms with Gasteiger partial charge in [-0.3, -0.25) is 4.79 Å². The number of thioether (sulfide) groups is 1. The fraction of sp³-hybridized carbons (Fsp3) is 0.500. The first kappa shape index (κ1) is 19.8. The van der Waals surface area contributed by atoms with Crippen molar-refractivity contribution < 1.29 is 4.79 Å². The number of nitriles is 1. The summed E-state index contributed by atoms with van der Waals surface area (Å²) in [6, 6.07) is 4.06. The lowest BCUT2D eigenvalue weighted by molar-refractivity contribution is -0.113. The van der Waals surface area contributed by atoms with E-state index in [1.807, 2.05) is 0 Å². The molecule has 0 saturated carbocycles. The van der Waals surface area contributed by atoms with Crippen molar-refractivity contribution in [3.05, 3.63) is 34.5 Å². The Morgan fingerprint density at radius 2 is 2.19 bits per heavy atom. The molecule has 2 aromatic rings. The van der Waals surface area contributed by atoms with Gasteiger partial charge in [0.25, 0.3) is 0 Å². The average Bonchev–Trinajstić information content (AvgIpc) is 3.03. The molecule has 142 valence electrons.